The third-order valence-electron chi connectivity index (χ3n) is 3.31. The van der Waals surface area contributed by atoms with Crippen molar-refractivity contribution in [1.82, 2.24) is 0 Å². The molecule has 1 nitrogen and oxygen atoms in total. The van der Waals surface area contributed by atoms with E-state index in [1.54, 1.807) is 0 Å². The molecule has 0 saturated carbocycles. The molecular weight excluding hydrogens is 194 g/mol. The molecule has 0 amide bonds. The summed E-state index contributed by atoms with van der Waals surface area (Å²) in [6.07, 6.45) is 7.31. The lowest BCUT2D eigenvalue weighted by atomic mass is 9.82. The van der Waals surface area contributed by atoms with Crippen molar-refractivity contribution in [2.24, 2.45) is 11.7 Å². The molecule has 0 fully saturated rings. The Morgan fingerprint density at radius 1 is 1.38 bits per heavy atom. The van der Waals surface area contributed by atoms with Gasteiger partial charge >= 0.3 is 0 Å². The highest BCUT2D eigenvalue weighted by atomic mass is 14.6. The van der Waals surface area contributed by atoms with E-state index in [1.807, 2.05) is 12.1 Å². The zero-order chi connectivity index (χ0) is 11.1. The molecule has 0 aromatic heterocycles. The van der Waals surface area contributed by atoms with Crippen molar-refractivity contribution >= 4 is 11.1 Å². The van der Waals surface area contributed by atoms with Crippen LogP contribution in [-0.2, 0) is 0 Å². The van der Waals surface area contributed by atoms with E-state index >= 15 is 0 Å². The van der Waals surface area contributed by atoms with Crippen LogP contribution in [0.3, 0.4) is 0 Å². The predicted molar refractivity (Wildman–Crippen MR) is 65.4 cm³/mol. The molecule has 0 radical (unpaired) electrons. The van der Waals surface area contributed by atoms with Crippen molar-refractivity contribution in [2.75, 3.05) is 0 Å². The Labute approximate surface area is 95.3 Å². The summed E-state index contributed by atoms with van der Waals surface area (Å²) in [5.74, 6) is 0.438. The van der Waals surface area contributed by atoms with Gasteiger partial charge in [-0.1, -0.05) is 29.9 Å². The highest BCUT2D eigenvalue weighted by Crippen LogP contribution is 2.28. The average Bonchev–Trinajstić information content (AvgIpc) is 2.29. The maximum atomic E-state index is 5.84. The lowest BCUT2D eigenvalue weighted by molar-refractivity contribution is 0.830. The lowest BCUT2D eigenvalue weighted by Crippen LogP contribution is -2.34. The number of hydrogen-bond acceptors (Lipinski definition) is 1. The Kier molecular flexibility index (Phi) is 1.91. The summed E-state index contributed by atoms with van der Waals surface area (Å²) >= 11 is 0. The van der Waals surface area contributed by atoms with Gasteiger partial charge in [-0.05, 0) is 42.3 Å². The van der Waals surface area contributed by atoms with Crippen LogP contribution in [0, 0.1) is 18.1 Å². The summed E-state index contributed by atoms with van der Waals surface area (Å²) in [7, 11) is 0. The van der Waals surface area contributed by atoms with Gasteiger partial charge in [-0.15, -0.1) is 0 Å². The van der Waals surface area contributed by atoms with Gasteiger partial charge < -0.3 is 5.73 Å². The van der Waals surface area contributed by atoms with E-state index in [2.05, 4.69) is 37.3 Å². The van der Waals surface area contributed by atoms with Crippen LogP contribution in [0.25, 0.3) is 11.1 Å². The third-order valence-corrected chi connectivity index (χ3v) is 3.31. The zero-order valence-corrected chi connectivity index (χ0v) is 9.25. The summed E-state index contributed by atoms with van der Waals surface area (Å²) in [5, 5.41) is 2.50. The first-order valence-electron chi connectivity index (χ1n) is 5.53. The number of allylic oxidation sites excluding steroid dienone is 3. The normalized spacial score (nSPS) is 22.1. The molecule has 2 aliphatic carbocycles. The van der Waals surface area contributed by atoms with E-state index in [1.165, 1.54) is 21.6 Å². The van der Waals surface area contributed by atoms with Gasteiger partial charge in [0.05, 0.1) is 0 Å². The maximum Gasteiger partial charge on any atom is 0.0314 e. The molecule has 1 heteroatoms. The van der Waals surface area contributed by atoms with Gasteiger partial charge in [-0.25, -0.2) is 0 Å². The first-order chi connectivity index (χ1) is 7.75. The van der Waals surface area contributed by atoms with Crippen LogP contribution in [-0.4, -0.2) is 0 Å². The molecule has 0 bridgehead atoms. The molecule has 0 saturated heterocycles. The third kappa shape index (κ3) is 1.27. The highest BCUT2D eigenvalue weighted by Gasteiger charge is 2.19. The SMILES string of the molecule is CC1=c2c#cccc2=C2C=CC(N)=CC2C1. The monoisotopic (exact) mass is 207 g/mol. The van der Waals surface area contributed by atoms with Crippen LogP contribution in [0.5, 0.6) is 0 Å². The number of fused-ring (bicyclic) bond motifs is 2. The Hall–Kier alpha value is -1.94. The zero-order valence-electron chi connectivity index (χ0n) is 9.25. The van der Waals surface area contributed by atoms with Gasteiger partial charge in [-0.3, -0.25) is 0 Å². The van der Waals surface area contributed by atoms with Crippen LogP contribution >= 0.6 is 0 Å². The average molecular weight is 207 g/mol. The first-order valence-corrected chi connectivity index (χ1v) is 5.53. The summed E-state index contributed by atoms with van der Waals surface area (Å²) in [4.78, 5) is 0. The molecular formula is C15H13N. The van der Waals surface area contributed by atoms with Crippen LogP contribution in [0.2, 0.25) is 0 Å². The topological polar surface area (TPSA) is 26.0 Å². The molecule has 0 heterocycles. The molecule has 2 aliphatic rings. The van der Waals surface area contributed by atoms with Crippen molar-refractivity contribution in [1.29, 1.82) is 0 Å². The maximum absolute atomic E-state index is 5.84. The molecule has 1 aromatic carbocycles. The number of hydrogen-bond donors (Lipinski definition) is 1. The second-order valence-corrected chi connectivity index (χ2v) is 4.44. The molecule has 1 unspecified atom stereocenters. The van der Waals surface area contributed by atoms with Gasteiger partial charge in [-0.2, -0.15) is 0 Å². The van der Waals surface area contributed by atoms with Gasteiger partial charge in [0.25, 0.3) is 0 Å². The van der Waals surface area contributed by atoms with Gasteiger partial charge in [0.15, 0.2) is 0 Å². The van der Waals surface area contributed by atoms with Crippen molar-refractivity contribution in [2.45, 2.75) is 13.3 Å². The van der Waals surface area contributed by atoms with E-state index < -0.39 is 0 Å². The minimum Gasteiger partial charge on any atom is -0.399 e. The fourth-order valence-corrected chi connectivity index (χ4v) is 2.54. The van der Waals surface area contributed by atoms with Crippen molar-refractivity contribution in [3.05, 3.63) is 58.6 Å². The summed E-state index contributed by atoms with van der Waals surface area (Å²) < 4.78 is 0. The van der Waals surface area contributed by atoms with Crippen molar-refractivity contribution < 1.29 is 0 Å². The van der Waals surface area contributed by atoms with E-state index in [-0.39, 0.29) is 0 Å². The fourth-order valence-electron chi connectivity index (χ4n) is 2.54. The van der Waals surface area contributed by atoms with E-state index in [0.29, 0.717) is 5.92 Å². The standard InChI is InChI=1S/C15H13N/c1-10-8-11-9-12(16)6-7-14(11)15-5-3-2-4-13(10)15/h3,5-7,9,11H,8,16H2,1H3. The molecule has 3 rings (SSSR count). The van der Waals surface area contributed by atoms with E-state index in [4.69, 9.17) is 5.73 Å². The molecule has 0 spiro atoms. The Morgan fingerprint density at radius 2 is 2.25 bits per heavy atom. The van der Waals surface area contributed by atoms with Gasteiger partial charge in [0.1, 0.15) is 0 Å². The van der Waals surface area contributed by atoms with Crippen LogP contribution in [0.15, 0.2) is 36.1 Å². The first kappa shape index (κ1) is 9.30. The minimum atomic E-state index is 0.438. The van der Waals surface area contributed by atoms with Gasteiger partial charge in [0, 0.05) is 16.8 Å². The summed E-state index contributed by atoms with van der Waals surface area (Å²) in [6.45, 7) is 2.17. The summed E-state index contributed by atoms with van der Waals surface area (Å²) in [6, 6.07) is 10.3. The predicted octanol–water partition coefficient (Wildman–Crippen LogP) is 1.04. The molecule has 2 N–H and O–H groups in total. The molecule has 16 heavy (non-hydrogen) atoms. The summed E-state index contributed by atoms with van der Waals surface area (Å²) in [5.41, 5.74) is 9.45. The Balaban J connectivity index is 2.38. The number of rotatable bonds is 0. The van der Waals surface area contributed by atoms with Crippen LogP contribution in [0.1, 0.15) is 13.3 Å². The largest absolute Gasteiger partial charge is 0.399 e. The van der Waals surface area contributed by atoms with Crippen molar-refractivity contribution in [3.63, 3.8) is 0 Å². The highest BCUT2D eigenvalue weighted by molar-refractivity contribution is 5.69. The van der Waals surface area contributed by atoms with E-state index in [0.717, 1.165) is 12.1 Å². The minimum absolute atomic E-state index is 0.438. The molecule has 1 aromatic rings. The second-order valence-electron chi connectivity index (χ2n) is 4.44. The second kappa shape index (κ2) is 3.28. The Morgan fingerprint density at radius 3 is 3.12 bits per heavy atom. The lowest BCUT2D eigenvalue weighted by Gasteiger charge is -2.22. The molecule has 78 valence electrons. The van der Waals surface area contributed by atoms with Crippen LogP contribution in [0.4, 0.5) is 0 Å². The fraction of sp³-hybridized carbons (Fsp3) is 0.200. The van der Waals surface area contributed by atoms with E-state index in [9.17, 15) is 0 Å². The quantitative estimate of drug-likeness (QED) is 0.676. The van der Waals surface area contributed by atoms with Crippen LogP contribution < -0.4 is 16.2 Å². The smallest absolute Gasteiger partial charge is 0.0314 e. The van der Waals surface area contributed by atoms with Crippen molar-refractivity contribution in [3.8, 4) is 0 Å². The Bertz CT molecular complexity index is 617. The molecule has 0 aliphatic heterocycles. The number of nitrogens with two attached hydrogens (primary N) is 1. The van der Waals surface area contributed by atoms with Gasteiger partial charge in [0.2, 0.25) is 0 Å². The molecule has 1 atom stereocenters.